The van der Waals surface area contributed by atoms with Gasteiger partial charge in [-0.15, -0.1) is 0 Å². The minimum atomic E-state index is -0.649. The molecular weight excluding hydrogens is 334 g/mol. The van der Waals surface area contributed by atoms with Gasteiger partial charge in [0.1, 0.15) is 5.15 Å². The van der Waals surface area contributed by atoms with Crippen LogP contribution in [0.1, 0.15) is 17.7 Å². The number of anilines is 1. The summed E-state index contributed by atoms with van der Waals surface area (Å²) in [5.74, 6) is 0. The van der Waals surface area contributed by atoms with E-state index in [1.54, 1.807) is 23.9 Å². The first-order valence-corrected chi connectivity index (χ1v) is 8.88. The number of aliphatic hydroxyl groups is 1. The second-order valence-corrected chi connectivity index (χ2v) is 7.76. The van der Waals surface area contributed by atoms with Crippen molar-refractivity contribution in [2.45, 2.75) is 31.5 Å². The molecule has 0 saturated carbocycles. The quantitative estimate of drug-likeness (QED) is 0.890. The van der Waals surface area contributed by atoms with Gasteiger partial charge in [-0.2, -0.15) is 0 Å². The van der Waals surface area contributed by atoms with E-state index in [1.807, 2.05) is 29.8 Å². The third-order valence-electron chi connectivity index (χ3n) is 4.21. The molecule has 23 heavy (non-hydrogen) atoms. The Morgan fingerprint density at radius 2 is 2.13 bits per heavy atom. The lowest BCUT2D eigenvalue weighted by atomic mass is 9.91. The van der Waals surface area contributed by atoms with Gasteiger partial charge in [0.25, 0.3) is 0 Å². The number of halogens is 1. The highest BCUT2D eigenvalue weighted by Gasteiger charge is 2.33. The second kappa shape index (κ2) is 6.76. The second-order valence-electron chi connectivity index (χ2n) is 6.34. The summed E-state index contributed by atoms with van der Waals surface area (Å²) in [6.07, 6.45) is 6.89. The van der Waals surface area contributed by atoms with Crippen molar-refractivity contribution < 1.29 is 5.11 Å². The summed E-state index contributed by atoms with van der Waals surface area (Å²) in [7, 11) is 3.94. The topological polar surface area (TPSA) is 57.4 Å². The number of piperidine rings is 1. The number of imidazole rings is 1. The molecule has 6 nitrogen and oxygen atoms in total. The molecule has 0 atom stereocenters. The first kappa shape index (κ1) is 16.7. The normalized spacial score (nSPS) is 18.3. The lowest BCUT2D eigenvalue weighted by molar-refractivity contribution is -0.0355. The molecule has 0 bridgehead atoms. The van der Waals surface area contributed by atoms with Crippen molar-refractivity contribution >= 4 is 28.1 Å². The van der Waals surface area contributed by atoms with Crippen LogP contribution < -0.4 is 4.90 Å². The van der Waals surface area contributed by atoms with Crippen LogP contribution in [-0.2, 0) is 13.1 Å². The van der Waals surface area contributed by atoms with Gasteiger partial charge in [-0.05, 0) is 12.8 Å². The molecule has 1 saturated heterocycles. The van der Waals surface area contributed by atoms with Gasteiger partial charge in [-0.1, -0.05) is 22.9 Å². The third kappa shape index (κ3) is 4.03. The molecule has 0 spiro atoms. The maximum absolute atomic E-state index is 10.7. The zero-order valence-electron chi connectivity index (χ0n) is 13.4. The van der Waals surface area contributed by atoms with E-state index < -0.39 is 5.60 Å². The van der Waals surface area contributed by atoms with E-state index >= 15 is 0 Å². The zero-order chi connectivity index (χ0) is 16.4. The molecule has 2 aromatic rings. The Morgan fingerprint density at radius 1 is 1.39 bits per heavy atom. The van der Waals surface area contributed by atoms with Crippen LogP contribution in [0, 0.1) is 0 Å². The number of hydrogen-bond donors (Lipinski definition) is 1. The van der Waals surface area contributed by atoms with Crippen molar-refractivity contribution in [2.75, 3.05) is 32.1 Å². The Hall–Kier alpha value is -1.15. The highest BCUT2D eigenvalue weighted by atomic mass is 35.5. The van der Waals surface area contributed by atoms with Gasteiger partial charge in [0.05, 0.1) is 23.4 Å². The molecular formula is C15H22ClN5OS. The lowest BCUT2D eigenvalue weighted by Crippen LogP contribution is -2.46. The van der Waals surface area contributed by atoms with Crippen molar-refractivity contribution in [3.05, 3.63) is 28.8 Å². The molecule has 0 amide bonds. The van der Waals surface area contributed by atoms with Gasteiger partial charge >= 0.3 is 0 Å². The Labute approximate surface area is 145 Å². The minimum Gasteiger partial charge on any atom is -0.388 e. The fourth-order valence-electron chi connectivity index (χ4n) is 2.82. The number of aromatic nitrogens is 3. The third-order valence-corrected chi connectivity index (χ3v) is 5.84. The van der Waals surface area contributed by atoms with Crippen molar-refractivity contribution in [2.24, 2.45) is 0 Å². The van der Waals surface area contributed by atoms with E-state index in [4.69, 9.17) is 11.6 Å². The lowest BCUT2D eigenvalue weighted by Gasteiger charge is -2.38. The Balaban J connectivity index is 1.57. The van der Waals surface area contributed by atoms with Gasteiger partial charge < -0.3 is 14.6 Å². The van der Waals surface area contributed by atoms with Gasteiger partial charge in [0.15, 0.2) is 5.13 Å². The number of nitrogens with zero attached hydrogens (tertiary/aromatic N) is 5. The summed E-state index contributed by atoms with van der Waals surface area (Å²) in [5, 5.41) is 12.3. The standard InChI is InChI=1S/C15H22ClN5OS/c1-19(2)14-18-13(16)12(23-14)9-20-6-3-15(22,4-7-20)10-21-8-5-17-11-21/h5,8,11,22H,3-4,6-7,9-10H2,1-2H3. The summed E-state index contributed by atoms with van der Waals surface area (Å²) in [5.41, 5.74) is -0.649. The number of rotatable bonds is 5. The van der Waals surface area contributed by atoms with E-state index in [0.29, 0.717) is 11.7 Å². The Bertz CT molecular complexity index is 634. The molecule has 0 unspecified atom stereocenters. The van der Waals surface area contributed by atoms with E-state index in [0.717, 1.165) is 42.5 Å². The first-order valence-electron chi connectivity index (χ1n) is 7.68. The van der Waals surface area contributed by atoms with E-state index in [9.17, 15) is 5.11 Å². The van der Waals surface area contributed by atoms with Gasteiger partial charge in [-0.3, -0.25) is 4.90 Å². The number of thiazole rings is 1. The molecule has 1 N–H and O–H groups in total. The zero-order valence-corrected chi connectivity index (χ0v) is 15.0. The van der Waals surface area contributed by atoms with Crippen LogP contribution in [0.4, 0.5) is 5.13 Å². The van der Waals surface area contributed by atoms with Crippen LogP contribution in [0.25, 0.3) is 0 Å². The van der Waals surface area contributed by atoms with Crippen molar-refractivity contribution in [3.63, 3.8) is 0 Å². The SMILES string of the molecule is CN(C)c1nc(Cl)c(CN2CCC(O)(Cn3ccnc3)CC2)s1. The first-order chi connectivity index (χ1) is 11.0. The molecule has 1 aliphatic heterocycles. The Morgan fingerprint density at radius 3 is 2.70 bits per heavy atom. The van der Waals surface area contributed by atoms with Crippen molar-refractivity contribution in [3.8, 4) is 0 Å². The van der Waals surface area contributed by atoms with Crippen molar-refractivity contribution in [1.82, 2.24) is 19.4 Å². The largest absolute Gasteiger partial charge is 0.388 e. The predicted molar refractivity (Wildman–Crippen MR) is 93.1 cm³/mol. The van der Waals surface area contributed by atoms with Gasteiger partial charge in [-0.25, -0.2) is 9.97 Å². The summed E-state index contributed by atoms with van der Waals surface area (Å²) in [4.78, 5) is 13.8. The summed E-state index contributed by atoms with van der Waals surface area (Å²) in [6.45, 7) is 3.12. The molecule has 8 heteroatoms. The molecule has 1 aliphatic rings. The average molecular weight is 356 g/mol. The van der Waals surface area contributed by atoms with E-state index in [1.165, 1.54) is 0 Å². The van der Waals surface area contributed by atoms with Crippen LogP contribution in [0.5, 0.6) is 0 Å². The molecule has 0 aromatic carbocycles. The average Bonchev–Trinajstić information content (AvgIpc) is 3.12. The molecule has 126 valence electrons. The van der Waals surface area contributed by atoms with Crippen LogP contribution >= 0.6 is 22.9 Å². The highest BCUT2D eigenvalue weighted by molar-refractivity contribution is 7.16. The highest BCUT2D eigenvalue weighted by Crippen LogP contribution is 2.31. The summed E-state index contributed by atoms with van der Waals surface area (Å²) >= 11 is 7.88. The monoisotopic (exact) mass is 355 g/mol. The predicted octanol–water partition coefficient (Wildman–Crippen LogP) is 2.09. The molecule has 0 radical (unpaired) electrons. The summed E-state index contributed by atoms with van der Waals surface area (Å²) in [6, 6.07) is 0. The molecule has 1 fully saturated rings. The van der Waals surface area contributed by atoms with Crippen LogP contribution in [0.15, 0.2) is 18.7 Å². The fraction of sp³-hybridized carbons (Fsp3) is 0.600. The maximum atomic E-state index is 10.7. The van der Waals surface area contributed by atoms with Gasteiger partial charge in [0, 0.05) is 46.1 Å². The maximum Gasteiger partial charge on any atom is 0.186 e. The molecule has 3 heterocycles. The smallest absolute Gasteiger partial charge is 0.186 e. The fourth-order valence-corrected chi connectivity index (χ4v) is 4.04. The van der Waals surface area contributed by atoms with Gasteiger partial charge in [0.2, 0.25) is 0 Å². The number of likely N-dealkylation sites (tertiary alicyclic amines) is 1. The van der Waals surface area contributed by atoms with Crippen LogP contribution in [-0.4, -0.2) is 57.3 Å². The van der Waals surface area contributed by atoms with E-state index in [-0.39, 0.29) is 0 Å². The number of hydrogen-bond acceptors (Lipinski definition) is 6. The Kier molecular flexibility index (Phi) is 4.91. The summed E-state index contributed by atoms with van der Waals surface area (Å²) < 4.78 is 1.94. The molecule has 2 aromatic heterocycles. The van der Waals surface area contributed by atoms with Crippen molar-refractivity contribution in [1.29, 1.82) is 0 Å². The molecule has 0 aliphatic carbocycles. The molecule has 3 rings (SSSR count). The minimum absolute atomic E-state index is 0.595. The van der Waals surface area contributed by atoms with Crippen LogP contribution in [0.3, 0.4) is 0 Å². The van der Waals surface area contributed by atoms with Crippen LogP contribution in [0.2, 0.25) is 5.15 Å². The van der Waals surface area contributed by atoms with E-state index in [2.05, 4.69) is 14.9 Å².